The summed E-state index contributed by atoms with van der Waals surface area (Å²) in [6.45, 7) is 0.682. The van der Waals surface area contributed by atoms with E-state index in [-0.39, 0.29) is 24.5 Å². The highest BCUT2D eigenvalue weighted by Crippen LogP contribution is 2.48. The van der Waals surface area contributed by atoms with Gasteiger partial charge in [0.25, 0.3) is 5.91 Å². The Bertz CT molecular complexity index is 1880. The molecule has 0 unspecified atom stereocenters. The zero-order chi connectivity index (χ0) is 27.7. The van der Waals surface area contributed by atoms with Crippen molar-refractivity contribution < 1.29 is 19.1 Å². The molecule has 4 heterocycles. The van der Waals surface area contributed by atoms with Crippen molar-refractivity contribution in [1.29, 1.82) is 0 Å². The summed E-state index contributed by atoms with van der Waals surface area (Å²) < 4.78 is 11.0. The van der Waals surface area contributed by atoms with Crippen LogP contribution in [0.15, 0.2) is 91.0 Å². The lowest BCUT2D eigenvalue weighted by molar-refractivity contribution is -0.120. The number of nitrogens with zero attached hydrogens (tertiary/aromatic N) is 1. The summed E-state index contributed by atoms with van der Waals surface area (Å²) in [6.07, 6.45) is 0. The van der Waals surface area contributed by atoms with Gasteiger partial charge in [-0.1, -0.05) is 66.2 Å². The summed E-state index contributed by atoms with van der Waals surface area (Å²) in [5.74, 6) is -0.243. The summed E-state index contributed by atoms with van der Waals surface area (Å²) in [4.78, 5) is 33.2. The number of rotatable bonds is 3. The van der Waals surface area contributed by atoms with E-state index in [2.05, 4.69) is 22.4 Å². The molecule has 2 amide bonds. The van der Waals surface area contributed by atoms with Gasteiger partial charge in [0.2, 0.25) is 12.7 Å². The fraction of sp³-hybridized carbons (Fsp3) is 0.152. The molecule has 0 bridgehead atoms. The third kappa shape index (κ3) is 3.63. The van der Waals surface area contributed by atoms with E-state index in [0.29, 0.717) is 39.9 Å². The fourth-order valence-corrected chi connectivity index (χ4v) is 6.88. The Morgan fingerprint density at radius 3 is 2.46 bits per heavy atom. The number of carbonyl (C=O) groups is 2. The number of hydrogen-bond acceptors (Lipinski definition) is 5. The van der Waals surface area contributed by atoms with Crippen LogP contribution >= 0.6 is 11.6 Å². The van der Waals surface area contributed by atoms with Crippen molar-refractivity contribution >= 4 is 40.0 Å². The first kappa shape index (κ1) is 24.2. The molecular weight excluding hydrogens is 538 g/mol. The van der Waals surface area contributed by atoms with Crippen molar-refractivity contribution in [3.8, 4) is 11.5 Å². The molecule has 3 aliphatic heterocycles. The highest BCUT2D eigenvalue weighted by Gasteiger charge is 2.47. The van der Waals surface area contributed by atoms with E-state index in [9.17, 15) is 9.59 Å². The predicted octanol–water partition coefficient (Wildman–Crippen LogP) is 6.30. The highest BCUT2D eigenvalue weighted by atomic mass is 35.5. The molecule has 41 heavy (non-hydrogen) atoms. The van der Waals surface area contributed by atoms with Crippen LogP contribution in [0.3, 0.4) is 0 Å². The maximum absolute atomic E-state index is 14.5. The van der Waals surface area contributed by atoms with Gasteiger partial charge in [0.15, 0.2) is 11.5 Å². The highest BCUT2D eigenvalue weighted by molar-refractivity contribution is 6.31. The molecule has 0 radical (unpaired) electrons. The number of aromatic nitrogens is 1. The molecule has 0 saturated carbocycles. The van der Waals surface area contributed by atoms with Crippen LogP contribution in [0.4, 0.5) is 5.69 Å². The number of nitrogens with one attached hydrogen (secondary N) is 2. The van der Waals surface area contributed by atoms with E-state index < -0.39 is 12.0 Å². The molecule has 5 aromatic rings. The first-order valence-electron chi connectivity index (χ1n) is 13.6. The van der Waals surface area contributed by atoms with Gasteiger partial charge >= 0.3 is 0 Å². The molecule has 3 aliphatic rings. The predicted molar refractivity (Wildman–Crippen MR) is 156 cm³/mol. The Hall–Kier alpha value is -4.59. The number of amides is 2. The summed E-state index contributed by atoms with van der Waals surface area (Å²) >= 11 is 6.71. The van der Waals surface area contributed by atoms with E-state index in [1.165, 1.54) is 4.90 Å². The standard InChI is InChI=1S/C33H24ClN3O4/c34-24-11-5-3-7-19(24)23-16-35-30(31-28(23)22-10-4-6-12-25(22)36-31)29-20-8-1-2-9-21(20)32(38)37(33(29)39)18-13-14-26-27(15-18)41-17-40-26/h1-15,23,29-30,35-36H,16-17H2/t23-,29+,30-/m0/s1. The van der Waals surface area contributed by atoms with Crippen LogP contribution in [0.5, 0.6) is 11.5 Å². The third-order valence-corrected chi connectivity index (χ3v) is 8.77. The van der Waals surface area contributed by atoms with Crippen LogP contribution in [-0.4, -0.2) is 30.1 Å². The van der Waals surface area contributed by atoms with Gasteiger partial charge in [-0.25, -0.2) is 4.90 Å². The van der Waals surface area contributed by atoms with Gasteiger partial charge in [-0.2, -0.15) is 0 Å². The molecule has 0 aliphatic carbocycles. The van der Waals surface area contributed by atoms with Crippen LogP contribution < -0.4 is 19.7 Å². The fourth-order valence-electron chi connectivity index (χ4n) is 6.61. The monoisotopic (exact) mass is 561 g/mol. The zero-order valence-electron chi connectivity index (χ0n) is 21.8. The molecule has 202 valence electrons. The molecule has 0 saturated heterocycles. The first-order chi connectivity index (χ1) is 20.1. The first-order valence-corrected chi connectivity index (χ1v) is 13.9. The molecule has 0 fully saturated rings. The van der Waals surface area contributed by atoms with Gasteiger partial charge in [0, 0.05) is 45.7 Å². The van der Waals surface area contributed by atoms with Crippen LogP contribution in [0.25, 0.3) is 10.9 Å². The van der Waals surface area contributed by atoms with Crippen molar-refractivity contribution in [2.75, 3.05) is 18.2 Å². The number of carbonyl (C=O) groups excluding carboxylic acids is 2. The second-order valence-electron chi connectivity index (χ2n) is 10.5. The molecule has 2 N–H and O–H groups in total. The quantitative estimate of drug-likeness (QED) is 0.253. The minimum atomic E-state index is -0.659. The molecule has 1 aromatic heterocycles. The maximum Gasteiger partial charge on any atom is 0.265 e. The Morgan fingerprint density at radius 2 is 1.59 bits per heavy atom. The van der Waals surface area contributed by atoms with Gasteiger partial charge in [-0.3, -0.25) is 9.59 Å². The number of benzene rings is 4. The van der Waals surface area contributed by atoms with Crippen molar-refractivity contribution in [1.82, 2.24) is 10.3 Å². The number of para-hydroxylation sites is 1. The number of imide groups is 1. The SMILES string of the molecule is O=C1c2ccccc2[C@H]([C@@H]2NC[C@@H](c3ccccc3Cl)c3c2[nH]c2ccccc32)C(=O)N1c1ccc2c(c1)OCO2. The van der Waals surface area contributed by atoms with Crippen LogP contribution in [0, 0.1) is 0 Å². The average molecular weight is 562 g/mol. The van der Waals surface area contributed by atoms with Crippen LogP contribution in [-0.2, 0) is 4.79 Å². The smallest absolute Gasteiger partial charge is 0.265 e. The van der Waals surface area contributed by atoms with Crippen molar-refractivity contribution in [3.05, 3.63) is 124 Å². The van der Waals surface area contributed by atoms with Gasteiger partial charge < -0.3 is 19.8 Å². The number of hydrogen-bond donors (Lipinski definition) is 2. The Labute approximate surface area is 240 Å². The van der Waals surface area contributed by atoms with E-state index in [4.69, 9.17) is 21.1 Å². The van der Waals surface area contributed by atoms with Crippen molar-refractivity contribution in [2.45, 2.75) is 17.9 Å². The van der Waals surface area contributed by atoms with Gasteiger partial charge in [0.1, 0.15) is 0 Å². The van der Waals surface area contributed by atoms with E-state index in [1.54, 1.807) is 24.3 Å². The van der Waals surface area contributed by atoms with Crippen LogP contribution in [0.1, 0.15) is 50.6 Å². The molecule has 8 heteroatoms. The number of fused-ring (bicyclic) bond motifs is 5. The number of halogens is 1. The third-order valence-electron chi connectivity index (χ3n) is 8.42. The minimum Gasteiger partial charge on any atom is -0.454 e. The molecule has 0 spiro atoms. The second-order valence-corrected chi connectivity index (χ2v) is 10.9. The van der Waals surface area contributed by atoms with Gasteiger partial charge in [0.05, 0.1) is 17.6 Å². The van der Waals surface area contributed by atoms with Crippen LogP contribution in [0.2, 0.25) is 5.02 Å². The number of ether oxygens (including phenoxy) is 2. The molecular formula is C33H24ClN3O4. The molecule has 4 aromatic carbocycles. The minimum absolute atomic E-state index is 0.0216. The lowest BCUT2D eigenvalue weighted by atomic mass is 9.76. The summed E-state index contributed by atoms with van der Waals surface area (Å²) in [5, 5.41) is 5.49. The topological polar surface area (TPSA) is 83.7 Å². The lowest BCUT2D eigenvalue weighted by Gasteiger charge is -2.40. The maximum atomic E-state index is 14.5. The second kappa shape index (κ2) is 9.23. The Balaban J connectivity index is 1.30. The number of H-pyrrole nitrogens is 1. The zero-order valence-corrected chi connectivity index (χ0v) is 22.5. The largest absolute Gasteiger partial charge is 0.454 e. The number of anilines is 1. The number of aromatic amines is 1. The summed E-state index contributed by atoms with van der Waals surface area (Å²) in [7, 11) is 0. The van der Waals surface area contributed by atoms with E-state index in [1.807, 2.05) is 54.6 Å². The van der Waals surface area contributed by atoms with E-state index >= 15 is 0 Å². The van der Waals surface area contributed by atoms with E-state index in [0.717, 1.165) is 27.7 Å². The van der Waals surface area contributed by atoms with Crippen molar-refractivity contribution in [3.63, 3.8) is 0 Å². The molecule has 3 atom stereocenters. The summed E-state index contributed by atoms with van der Waals surface area (Å²) in [5.41, 5.74) is 5.72. The molecule has 7 nitrogen and oxygen atoms in total. The Morgan fingerprint density at radius 1 is 0.829 bits per heavy atom. The Kier molecular flexibility index (Phi) is 5.45. The lowest BCUT2D eigenvalue weighted by Crippen LogP contribution is -2.50. The van der Waals surface area contributed by atoms with Gasteiger partial charge in [-0.15, -0.1) is 0 Å². The average Bonchev–Trinajstić information content (AvgIpc) is 3.63. The normalized spacial score (nSPS) is 21.2. The van der Waals surface area contributed by atoms with Gasteiger partial charge in [-0.05, 0) is 47.0 Å². The van der Waals surface area contributed by atoms with Crippen molar-refractivity contribution in [2.24, 2.45) is 0 Å². The summed E-state index contributed by atoms with van der Waals surface area (Å²) in [6, 6.07) is 28.2. The molecule has 8 rings (SSSR count).